The van der Waals surface area contributed by atoms with Gasteiger partial charge in [-0.25, -0.2) is 8.42 Å². The maximum atomic E-state index is 12.1. The van der Waals surface area contributed by atoms with Gasteiger partial charge in [0.05, 0.1) is 16.3 Å². The van der Waals surface area contributed by atoms with Crippen LogP contribution in [0.15, 0.2) is 0 Å². The molecule has 1 aliphatic carbocycles. The Balaban J connectivity index is 2.36. The minimum Gasteiger partial charge on any atom is -0.392 e. The van der Waals surface area contributed by atoms with Gasteiger partial charge in [-0.05, 0) is 25.7 Å². The van der Waals surface area contributed by atoms with Gasteiger partial charge in [-0.3, -0.25) is 0 Å². The molecule has 2 rings (SSSR count). The molecule has 1 saturated heterocycles. The molecule has 2 N–H and O–H groups in total. The molecule has 1 saturated carbocycles. The summed E-state index contributed by atoms with van der Waals surface area (Å²) in [6, 6.07) is 0. The van der Waals surface area contributed by atoms with Crippen molar-refractivity contribution in [2.75, 3.05) is 12.3 Å². The topological polar surface area (TPSA) is 63.4 Å². The lowest BCUT2D eigenvalue weighted by Gasteiger charge is -2.41. The van der Waals surface area contributed by atoms with Gasteiger partial charge in [0.25, 0.3) is 0 Å². The average molecular weight is 262 g/mol. The lowest BCUT2D eigenvalue weighted by Crippen LogP contribution is -2.59. The highest BCUT2D eigenvalue weighted by atomic mass is 32.2. The third-order valence-corrected chi connectivity index (χ3v) is 6.10. The van der Waals surface area contributed by atoms with Crippen molar-refractivity contribution in [3.8, 4) is 0 Å². The summed E-state index contributed by atoms with van der Waals surface area (Å²) in [6.07, 6.45) is 5.30. The van der Waals surface area contributed by atoms with Crippen molar-refractivity contribution in [1.82, 2.24) is 4.31 Å². The Hall–Kier alpha value is -0.200. The van der Waals surface area contributed by atoms with Crippen LogP contribution in [0.5, 0.6) is 0 Å². The second kappa shape index (κ2) is 4.23. The molecule has 0 bridgehead atoms. The highest BCUT2D eigenvalue weighted by Gasteiger charge is 2.48. The van der Waals surface area contributed by atoms with Crippen molar-refractivity contribution in [3.63, 3.8) is 0 Å². The number of nitrogens with two attached hydrogens (primary N) is 1. The Bertz CT molecular complexity index is 386. The van der Waals surface area contributed by atoms with Crippen LogP contribution in [-0.2, 0) is 10.0 Å². The minimum atomic E-state index is -3.14. The van der Waals surface area contributed by atoms with Gasteiger partial charge in [0.1, 0.15) is 0 Å². The van der Waals surface area contributed by atoms with Crippen molar-refractivity contribution in [2.45, 2.75) is 44.1 Å². The van der Waals surface area contributed by atoms with E-state index in [0.29, 0.717) is 11.5 Å². The molecule has 0 atom stereocenters. The highest BCUT2D eigenvalue weighted by molar-refractivity contribution is 7.89. The summed E-state index contributed by atoms with van der Waals surface area (Å²) in [5.74, 6) is 0.247. The summed E-state index contributed by atoms with van der Waals surface area (Å²) >= 11 is 5.12. The van der Waals surface area contributed by atoms with Gasteiger partial charge in [-0.2, -0.15) is 4.31 Å². The normalized spacial score (nSPS) is 29.0. The quantitative estimate of drug-likeness (QED) is 0.754. The highest BCUT2D eigenvalue weighted by Crippen LogP contribution is 2.39. The van der Waals surface area contributed by atoms with Crippen molar-refractivity contribution < 1.29 is 8.42 Å². The summed E-state index contributed by atoms with van der Waals surface area (Å²) in [4.78, 5) is 0.357. The van der Waals surface area contributed by atoms with E-state index in [4.69, 9.17) is 18.0 Å². The molecule has 16 heavy (non-hydrogen) atoms. The Kier molecular flexibility index (Phi) is 3.25. The predicted octanol–water partition coefficient (Wildman–Crippen LogP) is 1.01. The van der Waals surface area contributed by atoms with Crippen molar-refractivity contribution in [2.24, 2.45) is 5.73 Å². The van der Waals surface area contributed by atoms with E-state index < -0.39 is 15.6 Å². The fourth-order valence-corrected chi connectivity index (χ4v) is 5.23. The molecule has 2 aliphatic rings. The number of hydrogen-bond acceptors (Lipinski definition) is 3. The lowest BCUT2D eigenvalue weighted by atomic mass is 9.97. The zero-order valence-electron chi connectivity index (χ0n) is 9.31. The van der Waals surface area contributed by atoms with Crippen LogP contribution in [0.25, 0.3) is 0 Å². The maximum absolute atomic E-state index is 12.1. The Labute approximate surface area is 102 Å². The smallest absolute Gasteiger partial charge is 0.214 e. The summed E-state index contributed by atoms with van der Waals surface area (Å²) < 4.78 is 25.8. The molecule has 4 nitrogen and oxygen atoms in total. The van der Waals surface area contributed by atoms with Crippen LogP contribution in [0.2, 0.25) is 0 Å². The van der Waals surface area contributed by atoms with E-state index in [2.05, 4.69) is 0 Å². The Morgan fingerprint density at radius 2 is 1.81 bits per heavy atom. The molecule has 0 aromatic heterocycles. The molecule has 6 heteroatoms. The van der Waals surface area contributed by atoms with Crippen LogP contribution in [0.1, 0.15) is 38.5 Å². The van der Waals surface area contributed by atoms with Gasteiger partial charge in [0.15, 0.2) is 0 Å². The lowest BCUT2D eigenvalue weighted by molar-refractivity contribution is 0.253. The summed E-state index contributed by atoms with van der Waals surface area (Å²) in [5.41, 5.74) is 5.26. The minimum absolute atomic E-state index is 0.247. The predicted molar refractivity (Wildman–Crippen MR) is 67.7 cm³/mol. The van der Waals surface area contributed by atoms with Crippen LogP contribution < -0.4 is 5.73 Å². The molecule has 0 aromatic carbocycles. The van der Waals surface area contributed by atoms with Gasteiger partial charge in [0.2, 0.25) is 10.0 Å². The standard InChI is InChI=1S/C10H18N2O2S2/c11-9(15)10(5-1-2-6-10)12-7-3-4-8-16(12,13)14/h1-8H2,(H2,11,15). The molecular formula is C10H18N2O2S2. The van der Waals surface area contributed by atoms with Crippen LogP contribution >= 0.6 is 12.2 Å². The average Bonchev–Trinajstić information content (AvgIpc) is 2.66. The molecular weight excluding hydrogens is 244 g/mol. The van der Waals surface area contributed by atoms with Crippen molar-refractivity contribution in [3.05, 3.63) is 0 Å². The summed E-state index contributed by atoms with van der Waals surface area (Å²) in [6.45, 7) is 0.583. The van der Waals surface area contributed by atoms with E-state index in [1.54, 1.807) is 4.31 Å². The molecule has 0 aromatic rings. The van der Waals surface area contributed by atoms with Gasteiger partial charge in [0, 0.05) is 6.54 Å². The van der Waals surface area contributed by atoms with Crippen LogP contribution in [0.4, 0.5) is 0 Å². The third-order valence-electron chi connectivity index (χ3n) is 3.72. The molecule has 1 aliphatic heterocycles. The first-order valence-electron chi connectivity index (χ1n) is 5.79. The van der Waals surface area contributed by atoms with E-state index in [0.717, 1.165) is 38.5 Å². The monoisotopic (exact) mass is 262 g/mol. The van der Waals surface area contributed by atoms with Crippen molar-refractivity contribution >= 4 is 27.2 Å². The number of rotatable bonds is 2. The van der Waals surface area contributed by atoms with Gasteiger partial charge in [-0.15, -0.1) is 0 Å². The first-order chi connectivity index (χ1) is 7.49. The number of hydrogen-bond donors (Lipinski definition) is 1. The Morgan fingerprint density at radius 1 is 1.19 bits per heavy atom. The van der Waals surface area contributed by atoms with Gasteiger partial charge in [-0.1, -0.05) is 25.1 Å². The first-order valence-corrected chi connectivity index (χ1v) is 7.81. The number of thiocarbonyl (C=S) groups is 1. The second-order valence-corrected chi connectivity index (χ2v) is 7.15. The Morgan fingerprint density at radius 3 is 2.31 bits per heavy atom. The van der Waals surface area contributed by atoms with E-state index in [1.807, 2.05) is 0 Å². The fraction of sp³-hybridized carbons (Fsp3) is 0.900. The number of nitrogens with zero attached hydrogens (tertiary/aromatic N) is 1. The summed E-state index contributed by atoms with van der Waals surface area (Å²) in [7, 11) is -3.14. The van der Waals surface area contributed by atoms with Gasteiger partial charge >= 0.3 is 0 Å². The molecule has 92 valence electrons. The fourth-order valence-electron chi connectivity index (χ4n) is 2.85. The maximum Gasteiger partial charge on any atom is 0.214 e. The third kappa shape index (κ3) is 1.87. The van der Waals surface area contributed by atoms with E-state index in [-0.39, 0.29) is 5.75 Å². The van der Waals surface area contributed by atoms with Crippen LogP contribution in [-0.4, -0.2) is 35.5 Å². The van der Waals surface area contributed by atoms with E-state index in [1.165, 1.54) is 0 Å². The molecule has 0 radical (unpaired) electrons. The molecule has 0 unspecified atom stereocenters. The van der Waals surface area contributed by atoms with Crippen molar-refractivity contribution in [1.29, 1.82) is 0 Å². The van der Waals surface area contributed by atoms with Gasteiger partial charge < -0.3 is 5.73 Å². The largest absolute Gasteiger partial charge is 0.392 e. The molecule has 0 amide bonds. The molecule has 2 fully saturated rings. The van der Waals surface area contributed by atoms with Crippen LogP contribution in [0, 0.1) is 0 Å². The summed E-state index contributed by atoms with van der Waals surface area (Å²) in [5, 5.41) is 0. The second-order valence-electron chi connectivity index (χ2n) is 4.70. The van der Waals surface area contributed by atoms with E-state index >= 15 is 0 Å². The number of sulfonamides is 1. The van der Waals surface area contributed by atoms with Crippen LogP contribution in [0.3, 0.4) is 0 Å². The molecule has 1 heterocycles. The first kappa shape index (κ1) is 12.3. The SMILES string of the molecule is NC(=S)C1(N2CCCCS2(=O)=O)CCCC1. The zero-order chi connectivity index (χ0) is 11.8. The molecule has 0 spiro atoms. The van der Waals surface area contributed by atoms with E-state index in [9.17, 15) is 8.42 Å². The zero-order valence-corrected chi connectivity index (χ0v) is 10.9.